The van der Waals surface area contributed by atoms with Gasteiger partial charge in [-0.25, -0.2) is 0 Å². The number of aliphatic hydroxyl groups is 1. The maximum Gasteiger partial charge on any atom is 0.0667 e. The first kappa shape index (κ1) is 15.3. The van der Waals surface area contributed by atoms with Gasteiger partial charge in [-0.2, -0.15) is 0 Å². The SMILES string of the molecule is CC(CNCC(O)CC1CCCC1)CN1CCCC1. The summed E-state index contributed by atoms with van der Waals surface area (Å²) in [5.41, 5.74) is 0. The van der Waals surface area contributed by atoms with Gasteiger partial charge in [0.05, 0.1) is 6.10 Å². The van der Waals surface area contributed by atoms with Crippen LogP contribution >= 0.6 is 0 Å². The summed E-state index contributed by atoms with van der Waals surface area (Å²) in [6, 6.07) is 0. The molecule has 0 aromatic heterocycles. The smallest absolute Gasteiger partial charge is 0.0667 e. The number of aliphatic hydroxyl groups excluding tert-OH is 1. The van der Waals surface area contributed by atoms with Gasteiger partial charge >= 0.3 is 0 Å². The van der Waals surface area contributed by atoms with E-state index in [1.807, 2.05) is 0 Å². The van der Waals surface area contributed by atoms with E-state index in [1.165, 1.54) is 58.2 Å². The van der Waals surface area contributed by atoms with Crippen LogP contribution in [-0.4, -0.2) is 48.8 Å². The highest BCUT2D eigenvalue weighted by atomic mass is 16.3. The molecule has 0 bridgehead atoms. The van der Waals surface area contributed by atoms with Crippen LogP contribution in [0.1, 0.15) is 51.9 Å². The van der Waals surface area contributed by atoms with Crippen molar-refractivity contribution in [3.63, 3.8) is 0 Å². The van der Waals surface area contributed by atoms with Crippen molar-refractivity contribution in [2.24, 2.45) is 11.8 Å². The molecule has 1 heterocycles. The Morgan fingerprint density at radius 3 is 2.47 bits per heavy atom. The third-order valence-corrected chi connectivity index (χ3v) is 4.72. The summed E-state index contributed by atoms with van der Waals surface area (Å²) >= 11 is 0. The van der Waals surface area contributed by atoms with Crippen molar-refractivity contribution >= 4 is 0 Å². The molecule has 19 heavy (non-hydrogen) atoms. The van der Waals surface area contributed by atoms with E-state index in [1.54, 1.807) is 0 Å². The number of nitrogens with one attached hydrogen (secondary N) is 1. The summed E-state index contributed by atoms with van der Waals surface area (Å²) in [5.74, 6) is 1.48. The molecule has 0 amide bonds. The predicted octanol–water partition coefficient (Wildman–Crippen LogP) is 2.25. The number of likely N-dealkylation sites (tertiary alicyclic amines) is 1. The summed E-state index contributed by atoms with van der Waals surface area (Å²) in [4.78, 5) is 2.57. The van der Waals surface area contributed by atoms with Crippen LogP contribution in [0.4, 0.5) is 0 Å². The first-order valence-electron chi connectivity index (χ1n) is 8.35. The van der Waals surface area contributed by atoms with Crippen LogP contribution in [0.25, 0.3) is 0 Å². The zero-order chi connectivity index (χ0) is 13.5. The van der Waals surface area contributed by atoms with Crippen LogP contribution < -0.4 is 5.32 Å². The maximum atomic E-state index is 10.0. The van der Waals surface area contributed by atoms with Crippen molar-refractivity contribution in [1.29, 1.82) is 0 Å². The Balaban J connectivity index is 1.49. The Morgan fingerprint density at radius 1 is 1.11 bits per heavy atom. The van der Waals surface area contributed by atoms with Crippen LogP contribution in [0.2, 0.25) is 0 Å². The van der Waals surface area contributed by atoms with E-state index >= 15 is 0 Å². The minimum atomic E-state index is -0.137. The molecule has 0 aromatic carbocycles. The van der Waals surface area contributed by atoms with E-state index in [4.69, 9.17) is 0 Å². The highest BCUT2D eigenvalue weighted by Gasteiger charge is 2.19. The van der Waals surface area contributed by atoms with E-state index < -0.39 is 0 Å². The lowest BCUT2D eigenvalue weighted by Crippen LogP contribution is -2.35. The molecule has 2 N–H and O–H groups in total. The van der Waals surface area contributed by atoms with Crippen molar-refractivity contribution in [1.82, 2.24) is 10.2 Å². The molecule has 1 saturated carbocycles. The fourth-order valence-corrected chi connectivity index (χ4v) is 3.68. The average molecular weight is 268 g/mol. The topological polar surface area (TPSA) is 35.5 Å². The molecule has 2 unspecified atom stereocenters. The Labute approximate surface area is 118 Å². The summed E-state index contributed by atoms with van der Waals surface area (Å²) in [7, 11) is 0. The molecule has 0 aromatic rings. The second-order valence-corrected chi connectivity index (χ2v) is 6.81. The molecule has 1 saturated heterocycles. The summed E-state index contributed by atoms with van der Waals surface area (Å²) < 4.78 is 0. The quantitative estimate of drug-likeness (QED) is 0.709. The van der Waals surface area contributed by atoms with Crippen molar-refractivity contribution in [3.8, 4) is 0 Å². The molecular formula is C16H32N2O. The molecule has 3 nitrogen and oxygen atoms in total. The van der Waals surface area contributed by atoms with Crippen molar-refractivity contribution in [2.75, 3.05) is 32.7 Å². The third-order valence-electron chi connectivity index (χ3n) is 4.72. The Kier molecular flexibility index (Phi) is 6.62. The molecule has 2 fully saturated rings. The summed E-state index contributed by atoms with van der Waals surface area (Å²) in [6.07, 6.45) is 9.04. The minimum absolute atomic E-state index is 0.137. The molecule has 2 rings (SSSR count). The molecule has 0 radical (unpaired) electrons. The molecule has 1 aliphatic heterocycles. The van der Waals surface area contributed by atoms with Crippen LogP contribution in [0.3, 0.4) is 0 Å². The Morgan fingerprint density at radius 2 is 1.79 bits per heavy atom. The second kappa shape index (κ2) is 8.23. The molecule has 112 valence electrons. The molecule has 3 heteroatoms. The number of nitrogens with zero attached hydrogens (tertiary/aromatic N) is 1. The number of hydrogen-bond acceptors (Lipinski definition) is 3. The Bertz CT molecular complexity index is 211. The van der Waals surface area contributed by atoms with E-state index in [9.17, 15) is 5.11 Å². The fourth-order valence-electron chi connectivity index (χ4n) is 3.68. The van der Waals surface area contributed by atoms with Gasteiger partial charge in [0.15, 0.2) is 0 Å². The van der Waals surface area contributed by atoms with Crippen LogP contribution in [0, 0.1) is 11.8 Å². The number of hydrogen-bond donors (Lipinski definition) is 2. The van der Waals surface area contributed by atoms with E-state index in [-0.39, 0.29) is 6.10 Å². The fraction of sp³-hybridized carbons (Fsp3) is 1.00. The van der Waals surface area contributed by atoms with Gasteiger partial charge in [0, 0.05) is 13.1 Å². The predicted molar refractivity (Wildman–Crippen MR) is 80.3 cm³/mol. The monoisotopic (exact) mass is 268 g/mol. The minimum Gasteiger partial charge on any atom is -0.392 e. The highest BCUT2D eigenvalue weighted by molar-refractivity contribution is 4.74. The van der Waals surface area contributed by atoms with E-state index in [0.29, 0.717) is 5.92 Å². The zero-order valence-corrected chi connectivity index (χ0v) is 12.6. The Hall–Kier alpha value is -0.120. The average Bonchev–Trinajstić information content (AvgIpc) is 3.02. The first-order valence-corrected chi connectivity index (χ1v) is 8.35. The lowest BCUT2D eigenvalue weighted by atomic mass is 10.00. The van der Waals surface area contributed by atoms with Crippen LogP contribution in [0.5, 0.6) is 0 Å². The zero-order valence-electron chi connectivity index (χ0n) is 12.6. The molecule has 2 atom stereocenters. The maximum absolute atomic E-state index is 10.0. The van der Waals surface area contributed by atoms with Gasteiger partial charge < -0.3 is 15.3 Å². The van der Waals surface area contributed by atoms with Crippen molar-refractivity contribution in [2.45, 2.75) is 58.0 Å². The van der Waals surface area contributed by atoms with Gasteiger partial charge in [0.25, 0.3) is 0 Å². The molecule has 0 spiro atoms. The first-order chi connectivity index (χ1) is 9.24. The number of rotatable bonds is 8. The standard InChI is InChI=1S/C16H32N2O/c1-14(13-18-8-4-5-9-18)11-17-12-16(19)10-15-6-2-3-7-15/h14-17,19H,2-13H2,1H3. The highest BCUT2D eigenvalue weighted by Crippen LogP contribution is 2.28. The van der Waals surface area contributed by atoms with E-state index in [0.717, 1.165) is 25.4 Å². The van der Waals surface area contributed by atoms with Gasteiger partial charge in [0.1, 0.15) is 0 Å². The van der Waals surface area contributed by atoms with E-state index in [2.05, 4.69) is 17.1 Å². The lowest BCUT2D eigenvalue weighted by Gasteiger charge is -2.21. The van der Waals surface area contributed by atoms with Crippen molar-refractivity contribution in [3.05, 3.63) is 0 Å². The van der Waals surface area contributed by atoms with Gasteiger partial charge in [-0.05, 0) is 50.7 Å². The largest absolute Gasteiger partial charge is 0.392 e. The molecule has 1 aliphatic carbocycles. The second-order valence-electron chi connectivity index (χ2n) is 6.81. The van der Waals surface area contributed by atoms with Crippen LogP contribution in [-0.2, 0) is 0 Å². The summed E-state index contributed by atoms with van der Waals surface area (Å²) in [5, 5.41) is 13.5. The lowest BCUT2D eigenvalue weighted by molar-refractivity contribution is 0.138. The van der Waals surface area contributed by atoms with Gasteiger partial charge in [-0.3, -0.25) is 0 Å². The molecule has 2 aliphatic rings. The summed E-state index contributed by atoms with van der Waals surface area (Å²) in [6.45, 7) is 7.92. The molecular weight excluding hydrogens is 236 g/mol. The normalized spacial score (nSPS) is 24.9. The van der Waals surface area contributed by atoms with Gasteiger partial charge in [-0.15, -0.1) is 0 Å². The van der Waals surface area contributed by atoms with Crippen molar-refractivity contribution < 1.29 is 5.11 Å². The van der Waals surface area contributed by atoms with Crippen LogP contribution in [0.15, 0.2) is 0 Å². The van der Waals surface area contributed by atoms with Gasteiger partial charge in [-0.1, -0.05) is 32.6 Å². The third kappa shape index (κ3) is 5.80. The van der Waals surface area contributed by atoms with Gasteiger partial charge in [0.2, 0.25) is 0 Å².